The van der Waals surface area contributed by atoms with Crippen LogP contribution < -0.4 is 5.32 Å². The van der Waals surface area contributed by atoms with Crippen molar-refractivity contribution in [2.45, 2.75) is 51.2 Å². The summed E-state index contributed by atoms with van der Waals surface area (Å²) < 4.78 is 5.05. The summed E-state index contributed by atoms with van der Waals surface area (Å²) >= 11 is 0. The lowest BCUT2D eigenvalue weighted by Crippen LogP contribution is -2.43. The standard InChI is InChI=1S/C18H25NO4/c1-23-12-13-8-10-14(11-9-13)17(20)19-16-7-5-3-2-4-6-15(16)18(21)22/h8-11,15-16H,2-7,12H2,1H3,(H,19,20)(H,21,22). The number of aliphatic carboxylic acids is 1. The molecule has 0 aromatic heterocycles. The van der Waals surface area contributed by atoms with E-state index in [0.29, 0.717) is 18.6 Å². The highest BCUT2D eigenvalue weighted by Crippen LogP contribution is 2.23. The van der Waals surface area contributed by atoms with Crippen LogP contribution in [0.1, 0.15) is 54.4 Å². The largest absolute Gasteiger partial charge is 0.481 e. The summed E-state index contributed by atoms with van der Waals surface area (Å²) in [4.78, 5) is 23.9. The minimum atomic E-state index is -0.812. The minimum absolute atomic E-state index is 0.203. The molecule has 0 radical (unpaired) electrons. The van der Waals surface area contributed by atoms with Crippen LogP contribution in [0.3, 0.4) is 0 Å². The predicted octanol–water partition coefficient (Wildman–Crippen LogP) is 2.99. The van der Waals surface area contributed by atoms with E-state index in [1.165, 1.54) is 0 Å². The maximum atomic E-state index is 12.4. The van der Waals surface area contributed by atoms with Gasteiger partial charge in [-0.05, 0) is 30.5 Å². The van der Waals surface area contributed by atoms with Crippen LogP contribution in [0.5, 0.6) is 0 Å². The van der Waals surface area contributed by atoms with Crippen LogP contribution in [0.15, 0.2) is 24.3 Å². The first-order chi connectivity index (χ1) is 11.1. The van der Waals surface area contributed by atoms with Crippen molar-refractivity contribution in [3.8, 4) is 0 Å². The molecule has 1 fully saturated rings. The first-order valence-electron chi connectivity index (χ1n) is 8.23. The van der Waals surface area contributed by atoms with Gasteiger partial charge in [-0.15, -0.1) is 0 Å². The smallest absolute Gasteiger partial charge is 0.308 e. The van der Waals surface area contributed by atoms with E-state index in [-0.39, 0.29) is 11.9 Å². The summed E-state index contributed by atoms with van der Waals surface area (Å²) in [5.41, 5.74) is 1.55. The van der Waals surface area contributed by atoms with E-state index in [1.54, 1.807) is 19.2 Å². The fraction of sp³-hybridized carbons (Fsp3) is 0.556. The molecule has 0 saturated heterocycles. The molecule has 0 spiro atoms. The number of benzene rings is 1. The second-order valence-electron chi connectivity index (χ2n) is 6.15. The van der Waals surface area contributed by atoms with Crippen LogP contribution >= 0.6 is 0 Å². The molecule has 2 unspecified atom stereocenters. The van der Waals surface area contributed by atoms with E-state index >= 15 is 0 Å². The molecule has 126 valence electrons. The Hall–Kier alpha value is -1.88. The van der Waals surface area contributed by atoms with Crippen molar-refractivity contribution in [2.24, 2.45) is 5.92 Å². The number of methoxy groups -OCH3 is 1. The van der Waals surface area contributed by atoms with Gasteiger partial charge in [0, 0.05) is 18.7 Å². The number of carboxylic acid groups (broad SMARTS) is 1. The molecule has 2 N–H and O–H groups in total. The van der Waals surface area contributed by atoms with Gasteiger partial charge in [0.1, 0.15) is 0 Å². The Morgan fingerprint density at radius 3 is 2.39 bits per heavy atom. The number of ether oxygens (including phenoxy) is 1. The monoisotopic (exact) mass is 319 g/mol. The summed E-state index contributed by atoms with van der Waals surface area (Å²) in [6, 6.07) is 6.92. The SMILES string of the molecule is COCc1ccc(C(=O)NC2CCCCCCC2C(=O)O)cc1. The Morgan fingerprint density at radius 2 is 1.78 bits per heavy atom. The molecule has 2 rings (SSSR count). The van der Waals surface area contributed by atoms with Gasteiger partial charge in [0.05, 0.1) is 12.5 Å². The van der Waals surface area contributed by atoms with Gasteiger partial charge in [-0.1, -0.05) is 37.8 Å². The van der Waals surface area contributed by atoms with E-state index < -0.39 is 11.9 Å². The third kappa shape index (κ3) is 5.06. The van der Waals surface area contributed by atoms with Gasteiger partial charge in [0.2, 0.25) is 0 Å². The number of carbonyl (C=O) groups is 2. The van der Waals surface area contributed by atoms with Crippen molar-refractivity contribution >= 4 is 11.9 Å². The van der Waals surface area contributed by atoms with Crippen LogP contribution in [0.2, 0.25) is 0 Å². The summed E-state index contributed by atoms with van der Waals surface area (Å²) in [5, 5.41) is 12.4. The molecule has 1 aliphatic rings. The van der Waals surface area contributed by atoms with Gasteiger partial charge >= 0.3 is 5.97 Å². The average Bonchev–Trinajstić information content (AvgIpc) is 2.50. The predicted molar refractivity (Wildman–Crippen MR) is 87.2 cm³/mol. The minimum Gasteiger partial charge on any atom is -0.481 e. The fourth-order valence-corrected chi connectivity index (χ4v) is 3.12. The third-order valence-electron chi connectivity index (χ3n) is 4.43. The van der Waals surface area contributed by atoms with E-state index in [1.807, 2.05) is 12.1 Å². The van der Waals surface area contributed by atoms with Gasteiger partial charge in [-0.25, -0.2) is 0 Å². The van der Waals surface area contributed by atoms with Gasteiger partial charge in [-0.3, -0.25) is 9.59 Å². The van der Waals surface area contributed by atoms with E-state index in [4.69, 9.17) is 4.74 Å². The molecule has 0 aliphatic heterocycles. The van der Waals surface area contributed by atoms with Gasteiger partial charge in [0.15, 0.2) is 0 Å². The summed E-state index contributed by atoms with van der Waals surface area (Å²) in [6.07, 6.45) is 5.41. The van der Waals surface area contributed by atoms with Crippen molar-refractivity contribution in [3.63, 3.8) is 0 Å². The number of amides is 1. The molecule has 1 saturated carbocycles. The number of hydrogen-bond acceptors (Lipinski definition) is 3. The first-order valence-corrected chi connectivity index (χ1v) is 8.23. The van der Waals surface area contributed by atoms with Crippen LogP contribution in [-0.2, 0) is 16.1 Å². The number of carboxylic acids is 1. The molecule has 23 heavy (non-hydrogen) atoms. The lowest BCUT2D eigenvalue weighted by atomic mass is 9.86. The third-order valence-corrected chi connectivity index (χ3v) is 4.43. The molecular weight excluding hydrogens is 294 g/mol. The Balaban J connectivity index is 2.04. The zero-order valence-electron chi connectivity index (χ0n) is 13.6. The van der Waals surface area contributed by atoms with Crippen LogP contribution in [-0.4, -0.2) is 30.1 Å². The zero-order chi connectivity index (χ0) is 16.7. The Bertz CT molecular complexity index is 526. The Kier molecular flexibility index (Phi) is 6.59. The molecule has 5 heteroatoms. The highest BCUT2D eigenvalue weighted by Gasteiger charge is 2.30. The normalized spacial score (nSPS) is 22.0. The maximum Gasteiger partial charge on any atom is 0.308 e. The lowest BCUT2D eigenvalue weighted by Gasteiger charge is -2.27. The molecule has 0 bridgehead atoms. The molecule has 2 atom stereocenters. The van der Waals surface area contributed by atoms with Gasteiger partial charge in [-0.2, -0.15) is 0 Å². The summed E-state index contributed by atoms with van der Waals surface area (Å²) in [6.45, 7) is 0.506. The molecule has 0 heterocycles. The van der Waals surface area contributed by atoms with Crippen LogP contribution in [0.4, 0.5) is 0 Å². The van der Waals surface area contributed by atoms with E-state index in [9.17, 15) is 14.7 Å². The molecular formula is C18H25NO4. The highest BCUT2D eigenvalue weighted by molar-refractivity contribution is 5.94. The molecule has 1 amide bonds. The Morgan fingerprint density at radius 1 is 1.13 bits per heavy atom. The second kappa shape index (κ2) is 8.67. The van der Waals surface area contributed by atoms with Crippen molar-refractivity contribution in [2.75, 3.05) is 7.11 Å². The van der Waals surface area contributed by atoms with Crippen LogP contribution in [0, 0.1) is 5.92 Å². The number of nitrogens with one attached hydrogen (secondary N) is 1. The highest BCUT2D eigenvalue weighted by atomic mass is 16.5. The molecule has 1 aromatic carbocycles. The molecule has 1 aliphatic carbocycles. The average molecular weight is 319 g/mol. The zero-order valence-corrected chi connectivity index (χ0v) is 13.6. The van der Waals surface area contributed by atoms with E-state index in [2.05, 4.69) is 5.32 Å². The number of carbonyl (C=O) groups excluding carboxylic acids is 1. The lowest BCUT2D eigenvalue weighted by molar-refractivity contribution is -0.143. The van der Waals surface area contributed by atoms with Gasteiger partial charge in [0.25, 0.3) is 5.91 Å². The summed E-state index contributed by atoms with van der Waals surface area (Å²) in [7, 11) is 1.63. The first kappa shape index (κ1) is 17.5. The van der Waals surface area contributed by atoms with Gasteiger partial charge < -0.3 is 15.2 Å². The number of rotatable bonds is 5. The molecule has 5 nitrogen and oxygen atoms in total. The Labute approximate surface area is 137 Å². The molecule has 1 aromatic rings. The quantitative estimate of drug-likeness (QED) is 0.875. The van der Waals surface area contributed by atoms with Crippen molar-refractivity contribution in [1.29, 1.82) is 0 Å². The van der Waals surface area contributed by atoms with E-state index in [0.717, 1.165) is 37.7 Å². The maximum absolute atomic E-state index is 12.4. The fourth-order valence-electron chi connectivity index (χ4n) is 3.12. The topological polar surface area (TPSA) is 75.6 Å². The van der Waals surface area contributed by atoms with Crippen molar-refractivity contribution in [1.82, 2.24) is 5.32 Å². The van der Waals surface area contributed by atoms with Crippen molar-refractivity contribution < 1.29 is 19.4 Å². The van der Waals surface area contributed by atoms with Crippen molar-refractivity contribution in [3.05, 3.63) is 35.4 Å². The summed E-state index contributed by atoms with van der Waals surface area (Å²) in [5.74, 6) is -1.51. The van der Waals surface area contributed by atoms with Crippen LogP contribution in [0.25, 0.3) is 0 Å². The second-order valence-corrected chi connectivity index (χ2v) is 6.15. The number of hydrogen-bond donors (Lipinski definition) is 2.